The molecule has 0 bridgehead atoms. The summed E-state index contributed by atoms with van der Waals surface area (Å²) >= 11 is 0. The average Bonchev–Trinajstić information content (AvgIpc) is 2.84. The number of aliphatic hydroxyl groups excluding tert-OH is 1. The van der Waals surface area contributed by atoms with Crippen LogP contribution in [0.3, 0.4) is 0 Å². The lowest BCUT2D eigenvalue weighted by Gasteiger charge is -2.46. The predicted molar refractivity (Wildman–Crippen MR) is 148 cm³/mol. The minimum absolute atomic E-state index is 0.00241. The van der Waals surface area contributed by atoms with Crippen LogP contribution in [0.1, 0.15) is 60.3 Å². The van der Waals surface area contributed by atoms with E-state index in [2.05, 4.69) is 39.2 Å². The molecule has 11 heteroatoms. The lowest BCUT2D eigenvalue weighted by atomic mass is 9.60. The van der Waals surface area contributed by atoms with Crippen molar-refractivity contribution in [3.8, 4) is 0 Å². The van der Waals surface area contributed by atoms with Gasteiger partial charge in [0.2, 0.25) is 0 Å². The molecule has 1 aliphatic rings. The van der Waals surface area contributed by atoms with Crippen LogP contribution in [-0.4, -0.2) is 88.8 Å². The number of hydrogen-bond donors (Lipinski definition) is 2. The van der Waals surface area contributed by atoms with Gasteiger partial charge in [-0.05, 0) is 55.4 Å². The van der Waals surface area contributed by atoms with Crippen molar-refractivity contribution in [2.24, 2.45) is 16.7 Å². The van der Waals surface area contributed by atoms with E-state index in [0.717, 1.165) is 19.3 Å². The highest BCUT2D eigenvalue weighted by Crippen LogP contribution is 2.49. The Bertz CT molecular complexity index is 843. The van der Waals surface area contributed by atoms with E-state index in [1.165, 1.54) is 0 Å². The molecule has 0 heterocycles. The zero-order chi connectivity index (χ0) is 30.2. The number of alkyl carbamates (subject to hydrolysis) is 1. The van der Waals surface area contributed by atoms with E-state index >= 15 is 0 Å². The van der Waals surface area contributed by atoms with Crippen molar-refractivity contribution in [1.29, 1.82) is 0 Å². The molecule has 1 fully saturated rings. The van der Waals surface area contributed by atoms with Gasteiger partial charge in [-0.1, -0.05) is 33.9 Å². The van der Waals surface area contributed by atoms with Crippen LogP contribution in [-0.2, 0) is 38.0 Å². The number of amides is 1. The van der Waals surface area contributed by atoms with Gasteiger partial charge in [-0.3, -0.25) is 4.79 Å². The summed E-state index contributed by atoms with van der Waals surface area (Å²) in [4.78, 5) is 35.9. The third-order valence-corrected chi connectivity index (χ3v) is 6.33. The maximum Gasteiger partial charge on any atom is 0.407 e. The summed E-state index contributed by atoms with van der Waals surface area (Å²) < 4.78 is 31.2. The zero-order valence-corrected chi connectivity index (χ0v) is 24.9. The van der Waals surface area contributed by atoms with E-state index in [1.54, 1.807) is 13.8 Å². The van der Waals surface area contributed by atoms with Gasteiger partial charge in [0, 0.05) is 18.5 Å². The van der Waals surface area contributed by atoms with Crippen molar-refractivity contribution >= 4 is 18.0 Å². The van der Waals surface area contributed by atoms with Gasteiger partial charge in [0.15, 0.2) is 6.29 Å². The number of esters is 2. The normalized spacial score (nSPS) is 20.7. The van der Waals surface area contributed by atoms with Crippen molar-refractivity contribution in [2.75, 3.05) is 59.4 Å². The second-order valence-electron chi connectivity index (χ2n) is 11.6. The first-order chi connectivity index (χ1) is 18.7. The van der Waals surface area contributed by atoms with Crippen LogP contribution in [0.5, 0.6) is 0 Å². The molecule has 3 atom stereocenters. The zero-order valence-electron chi connectivity index (χ0n) is 24.9. The Labute approximate surface area is 238 Å². The predicted octanol–water partition coefficient (Wildman–Crippen LogP) is 3.54. The fourth-order valence-electron chi connectivity index (χ4n) is 5.05. The molecular formula is C29H49NO10. The van der Waals surface area contributed by atoms with Crippen LogP contribution in [0.15, 0.2) is 24.3 Å². The van der Waals surface area contributed by atoms with Crippen LogP contribution in [0.25, 0.3) is 0 Å². The second kappa shape index (κ2) is 18.1. The van der Waals surface area contributed by atoms with Crippen LogP contribution >= 0.6 is 0 Å². The van der Waals surface area contributed by atoms with Gasteiger partial charge in [-0.15, -0.1) is 0 Å². The Balaban J connectivity index is 2.29. The number of aliphatic hydroxyl groups is 1. The summed E-state index contributed by atoms with van der Waals surface area (Å²) in [6.07, 6.45) is 1.32. The molecule has 1 aliphatic carbocycles. The van der Waals surface area contributed by atoms with E-state index in [4.69, 9.17) is 28.4 Å². The largest absolute Gasteiger partial charge is 0.463 e. The standard InChI is InChI=1S/C29H49NO10/c1-21(2)25(32)38-13-9-35-8-12-37-24(31)16-23-17-28(5,6)19-29(7,18-23)20-30-27(34)40-15-11-36-10-14-39-26(33)22(3)4/h23,25,32H,1,3,8-20H2,2,4-7H3,(H,30,34). The van der Waals surface area contributed by atoms with Crippen molar-refractivity contribution < 1.29 is 47.9 Å². The Morgan fingerprint density at radius 2 is 1.45 bits per heavy atom. The smallest absolute Gasteiger partial charge is 0.407 e. The highest BCUT2D eigenvalue weighted by molar-refractivity contribution is 5.86. The molecule has 0 radical (unpaired) electrons. The Kier molecular flexibility index (Phi) is 16.1. The van der Waals surface area contributed by atoms with Crippen LogP contribution in [0.4, 0.5) is 4.79 Å². The number of hydrogen-bond acceptors (Lipinski definition) is 10. The summed E-state index contributed by atoms with van der Waals surface area (Å²) in [6, 6.07) is 0. The molecular weight excluding hydrogens is 522 g/mol. The van der Waals surface area contributed by atoms with Crippen LogP contribution < -0.4 is 5.32 Å². The van der Waals surface area contributed by atoms with Crippen molar-refractivity contribution in [3.05, 3.63) is 24.3 Å². The molecule has 0 aromatic heterocycles. The third kappa shape index (κ3) is 16.0. The fourth-order valence-corrected chi connectivity index (χ4v) is 5.05. The van der Waals surface area contributed by atoms with Gasteiger partial charge in [-0.25, -0.2) is 9.59 Å². The summed E-state index contributed by atoms with van der Waals surface area (Å²) in [5, 5.41) is 12.3. The first-order valence-electron chi connectivity index (χ1n) is 13.7. The minimum Gasteiger partial charge on any atom is -0.463 e. The Morgan fingerprint density at radius 1 is 0.875 bits per heavy atom. The lowest BCUT2D eigenvalue weighted by Crippen LogP contribution is -2.44. The molecule has 40 heavy (non-hydrogen) atoms. The van der Waals surface area contributed by atoms with Crippen molar-refractivity contribution in [3.63, 3.8) is 0 Å². The molecule has 1 rings (SSSR count). The van der Waals surface area contributed by atoms with E-state index in [0.29, 0.717) is 24.1 Å². The molecule has 3 unspecified atom stereocenters. The van der Waals surface area contributed by atoms with Gasteiger partial charge in [0.1, 0.15) is 19.8 Å². The van der Waals surface area contributed by atoms with Crippen molar-refractivity contribution in [1.82, 2.24) is 5.32 Å². The first-order valence-corrected chi connectivity index (χ1v) is 13.7. The highest BCUT2D eigenvalue weighted by Gasteiger charge is 2.42. The fraction of sp³-hybridized carbons (Fsp3) is 0.759. The number of ether oxygens (including phenoxy) is 6. The molecule has 0 aromatic rings. The summed E-state index contributed by atoms with van der Waals surface area (Å²) in [7, 11) is 0. The Hall–Kier alpha value is -2.47. The van der Waals surface area contributed by atoms with Gasteiger partial charge >= 0.3 is 18.0 Å². The molecule has 1 saturated carbocycles. The van der Waals surface area contributed by atoms with Gasteiger partial charge < -0.3 is 38.8 Å². The Morgan fingerprint density at radius 3 is 2.05 bits per heavy atom. The molecule has 0 aromatic carbocycles. The molecule has 11 nitrogen and oxygen atoms in total. The SMILES string of the molecule is C=C(C)C(=O)OCCOCCOC(=O)NCC1(C)CC(CC(=O)OCCOCCOC(O)C(=C)C)CC(C)(C)C1. The minimum atomic E-state index is -1.01. The maximum absolute atomic E-state index is 12.5. The van der Waals surface area contributed by atoms with Crippen molar-refractivity contribution in [2.45, 2.75) is 66.6 Å². The molecule has 1 amide bonds. The van der Waals surface area contributed by atoms with Crippen LogP contribution in [0, 0.1) is 16.7 Å². The third-order valence-electron chi connectivity index (χ3n) is 6.33. The van der Waals surface area contributed by atoms with Crippen LogP contribution in [0.2, 0.25) is 0 Å². The van der Waals surface area contributed by atoms with E-state index in [-0.39, 0.29) is 75.6 Å². The molecule has 0 saturated heterocycles. The topological polar surface area (TPSA) is 139 Å². The van der Waals surface area contributed by atoms with Gasteiger partial charge in [-0.2, -0.15) is 0 Å². The molecule has 2 N–H and O–H groups in total. The van der Waals surface area contributed by atoms with E-state index in [9.17, 15) is 19.5 Å². The number of nitrogens with one attached hydrogen (secondary N) is 1. The molecule has 230 valence electrons. The maximum atomic E-state index is 12.5. The summed E-state index contributed by atoms with van der Waals surface area (Å²) in [5.41, 5.74) is 0.642. The summed E-state index contributed by atoms with van der Waals surface area (Å²) in [6.45, 7) is 18.6. The number of rotatable bonds is 19. The van der Waals surface area contributed by atoms with E-state index in [1.807, 2.05) is 0 Å². The summed E-state index contributed by atoms with van der Waals surface area (Å²) in [5.74, 6) is -0.615. The average molecular weight is 572 g/mol. The van der Waals surface area contributed by atoms with Gasteiger partial charge in [0.05, 0.1) is 33.0 Å². The number of carbonyl (C=O) groups is 3. The second-order valence-corrected chi connectivity index (χ2v) is 11.6. The monoisotopic (exact) mass is 571 g/mol. The number of carbonyl (C=O) groups excluding carboxylic acids is 3. The quantitative estimate of drug-likeness (QED) is 0.0591. The molecule has 0 spiro atoms. The first kappa shape index (κ1) is 35.6. The lowest BCUT2D eigenvalue weighted by molar-refractivity contribution is -0.148. The highest BCUT2D eigenvalue weighted by atomic mass is 16.6. The van der Waals surface area contributed by atoms with E-state index < -0.39 is 18.4 Å². The molecule has 0 aliphatic heterocycles. The van der Waals surface area contributed by atoms with Gasteiger partial charge in [0.25, 0.3) is 0 Å².